The van der Waals surface area contributed by atoms with Crippen LogP contribution in [-0.2, 0) is 12.8 Å². The molecule has 1 aromatic heterocycles. The van der Waals surface area contributed by atoms with Crippen LogP contribution in [0.4, 0.5) is 0 Å². The molecule has 0 amide bonds. The fraction of sp³-hybridized carbons (Fsp3) is 0.214. The van der Waals surface area contributed by atoms with E-state index in [2.05, 4.69) is 0 Å². The molecule has 0 atom stereocenters. The molecule has 0 aliphatic heterocycles. The van der Waals surface area contributed by atoms with E-state index in [1.807, 2.05) is 24.3 Å². The standard InChI is InChI=1S/C14H14ClNO2S/c1-16-8-12(7-13(15)14(16)17)19-9-10-3-5-11(18-2)6-4-10/h3-8H,9H2,1-2H3. The van der Waals surface area contributed by atoms with Crippen molar-refractivity contribution < 1.29 is 4.74 Å². The molecule has 0 fully saturated rings. The zero-order valence-corrected chi connectivity index (χ0v) is 12.3. The number of hydrogen-bond donors (Lipinski definition) is 0. The molecule has 0 saturated heterocycles. The van der Waals surface area contributed by atoms with Crippen molar-refractivity contribution in [3.63, 3.8) is 0 Å². The number of hydrogen-bond acceptors (Lipinski definition) is 3. The van der Waals surface area contributed by atoms with Gasteiger partial charge in [-0.25, -0.2) is 0 Å². The number of halogens is 1. The van der Waals surface area contributed by atoms with Crippen LogP contribution >= 0.6 is 23.4 Å². The lowest BCUT2D eigenvalue weighted by atomic mass is 10.2. The maximum Gasteiger partial charge on any atom is 0.269 e. The lowest BCUT2D eigenvalue weighted by Gasteiger charge is -2.06. The summed E-state index contributed by atoms with van der Waals surface area (Å²) < 4.78 is 6.61. The van der Waals surface area contributed by atoms with Gasteiger partial charge in [-0.1, -0.05) is 23.7 Å². The Kier molecular flexibility index (Phi) is 4.56. The number of thioether (sulfide) groups is 1. The highest BCUT2D eigenvalue weighted by Gasteiger charge is 2.03. The van der Waals surface area contributed by atoms with Crippen LogP contribution in [0.25, 0.3) is 0 Å². The van der Waals surface area contributed by atoms with Crippen molar-refractivity contribution in [2.45, 2.75) is 10.6 Å². The van der Waals surface area contributed by atoms with E-state index in [4.69, 9.17) is 16.3 Å². The Morgan fingerprint density at radius 2 is 2.00 bits per heavy atom. The molecule has 2 rings (SSSR count). The van der Waals surface area contributed by atoms with Crippen molar-refractivity contribution in [3.05, 3.63) is 57.5 Å². The summed E-state index contributed by atoms with van der Waals surface area (Å²) in [5, 5.41) is 0.252. The lowest BCUT2D eigenvalue weighted by molar-refractivity contribution is 0.414. The molecule has 1 heterocycles. The highest BCUT2D eigenvalue weighted by Crippen LogP contribution is 2.24. The zero-order chi connectivity index (χ0) is 13.8. The number of nitrogens with zero attached hydrogens (tertiary/aromatic N) is 1. The molecule has 0 N–H and O–H groups in total. The van der Waals surface area contributed by atoms with E-state index in [0.717, 1.165) is 16.4 Å². The van der Waals surface area contributed by atoms with Crippen LogP contribution in [0.3, 0.4) is 0 Å². The Balaban J connectivity index is 2.07. The fourth-order valence-electron chi connectivity index (χ4n) is 1.61. The normalized spacial score (nSPS) is 10.5. The molecule has 0 unspecified atom stereocenters. The summed E-state index contributed by atoms with van der Waals surface area (Å²) in [4.78, 5) is 12.4. The highest BCUT2D eigenvalue weighted by atomic mass is 35.5. The van der Waals surface area contributed by atoms with E-state index in [-0.39, 0.29) is 10.6 Å². The summed E-state index contributed by atoms with van der Waals surface area (Å²) in [6.07, 6.45) is 1.79. The molecule has 0 aliphatic carbocycles. The minimum Gasteiger partial charge on any atom is -0.497 e. The van der Waals surface area contributed by atoms with Crippen LogP contribution in [0, 0.1) is 0 Å². The minimum atomic E-state index is -0.171. The van der Waals surface area contributed by atoms with Gasteiger partial charge in [0.2, 0.25) is 0 Å². The molecule has 5 heteroatoms. The van der Waals surface area contributed by atoms with E-state index in [9.17, 15) is 4.79 Å². The molecule has 2 aromatic rings. The third kappa shape index (κ3) is 3.55. The Bertz CT molecular complexity index is 596. The van der Waals surface area contributed by atoms with Gasteiger partial charge < -0.3 is 9.30 Å². The van der Waals surface area contributed by atoms with E-state index >= 15 is 0 Å². The Morgan fingerprint density at radius 3 is 2.58 bits per heavy atom. The lowest BCUT2D eigenvalue weighted by Crippen LogP contribution is -2.16. The number of rotatable bonds is 4. The van der Waals surface area contributed by atoms with Gasteiger partial charge in [-0.3, -0.25) is 4.79 Å². The van der Waals surface area contributed by atoms with Crippen LogP contribution in [0.2, 0.25) is 5.02 Å². The summed E-state index contributed by atoms with van der Waals surface area (Å²) in [6, 6.07) is 9.62. The molecular formula is C14H14ClNO2S. The van der Waals surface area contributed by atoms with Crippen LogP contribution in [0.15, 0.2) is 46.2 Å². The second-order valence-electron chi connectivity index (χ2n) is 4.08. The fourth-order valence-corrected chi connectivity index (χ4v) is 2.88. The number of benzene rings is 1. The highest BCUT2D eigenvalue weighted by molar-refractivity contribution is 7.98. The molecule has 19 heavy (non-hydrogen) atoms. The second-order valence-corrected chi connectivity index (χ2v) is 5.53. The average molecular weight is 296 g/mol. The maximum absolute atomic E-state index is 11.5. The first-order valence-electron chi connectivity index (χ1n) is 5.72. The molecule has 3 nitrogen and oxygen atoms in total. The Morgan fingerprint density at radius 1 is 1.32 bits per heavy atom. The van der Waals surface area contributed by atoms with Gasteiger partial charge >= 0.3 is 0 Å². The van der Waals surface area contributed by atoms with E-state index in [1.165, 1.54) is 10.1 Å². The summed E-state index contributed by atoms with van der Waals surface area (Å²) in [5.74, 6) is 1.66. The van der Waals surface area contributed by atoms with Crippen molar-refractivity contribution in [1.29, 1.82) is 0 Å². The quantitative estimate of drug-likeness (QED) is 0.811. The Hall–Kier alpha value is -1.39. The summed E-state index contributed by atoms with van der Waals surface area (Å²) in [5.41, 5.74) is 1.02. The van der Waals surface area contributed by atoms with Gasteiger partial charge in [-0.2, -0.15) is 0 Å². The van der Waals surface area contributed by atoms with Crippen LogP contribution in [0.1, 0.15) is 5.56 Å². The SMILES string of the molecule is COc1ccc(CSc2cc(Cl)c(=O)n(C)c2)cc1. The van der Waals surface area contributed by atoms with Gasteiger partial charge in [0.15, 0.2) is 0 Å². The maximum atomic E-state index is 11.5. The molecule has 0 saturated carbocycles. The predicted molar refractivity (Wildman–Crippen MR) is 79.2 cm³/mol. The largest absolute Gasteiger partial charge is 0.497 e. The van der Waals surface area contributed by atoms with Gasteiger partial charge in [0.1, 0.15) is 10.8 Å². The number of aromatic nitrogens is 1. The third-order valence-electron chi connectivity index (χ3n) is 2.68. The average Bonchev–Trinajstić information content (AvgIpc) is 2.43. The van der Waals surface area contributed by atoms with Gasteiger partial charge in [-0.05, 0) is 23.8 Å². The van der Waals surface area contributed by atoms with Crippen molar-refractivity contribution in [3.8, 4) is 5.75 Å². The number of aryl methyl sites for hydroxylation is 1. The molecule has 1 aromatic carbocycles. The smallest absolute Gasteiger partial charge is 0.269 e. The van der Waals surface area contributed by atoms with Gasteiger partial charge in [0.05, 0.1) is 7.11 Å². The summed E-state index contributed by atoms with van der Waals surface area (Å²) >= 11 is 7.52. The Labute approximate surface area is 121 Å². The summed E-state index contributed by atoms with van der Waals surface area (Å²) in [7, 11) is 3.35. The second kappa shape index (κ2) is 6.17. The number of ether oxygens (including phenoxy) is 1. The van der Waals surface area contributed by atoms with Gasteiger partial charge in [0.25, 0.3) is 5.56 Å². The van der Waals surface area contributed by atoms with Crippen molar-refractivity contribution in [2.75, 3.05) is 7.11 Å². The first-order valence-corrected chi connectivity index (χ1v) is 7.08. The monoisotopic (exact) mass is 295 g/mol. The van der Waals surface area contributed by atoms with E-state index in [1.54, 1.807) is 38.2 Å². The van der Waals surface area contributed by atoms with Crippen LogP contribution < -0.4 is 10.3 Å². The molecular weight excluding hydrogens is 282 g/mol. The minimum absolute atomic E-state index is 0.171. The molecule has 0 radical (unpaired) electrons. The summed E-state index contributed by atoms with van der Waals surface area (Å²) in [6.45, 7) is 0. The predicted octanol–water partition coefficient (Wildman–Crippen LogP) is 3.34. The third-order valence-corrected chi connectivity index (χ3v) is 3.98. The van der Waals surface area contributed by atoms with E-state index < -0.39 is 0 Å². The number of methoxy groups -OCH3 is 1. The molecule has 100 valence electrons. The topological polar surface area (TPSA) is 31.2 Å². The van der Waals surface area contributed by atoms with Crippen LogP contribution in [0.5, 0.6) is 5.75 Å². The molecule has 0 bridgehead atoms. The van der Waals surface area contributed by atoms with Crippen molar-refractivity contribution in [2.24, 2.45) is 7.05 Å². The van der Waals surface area contributed by atoms with Crippen LogP contribution in [-0.4, -0.2) is 11.7 Å². The van der Waals surface area contributed by atoms with Crippen molar-refractivity contribution in [1.82, 2.24) is 4.57 Å². The van der Waals surface area contributed by atoms with Crippen molar-refractivity contribution >= 4 is 23.4 Å². The zero-order valence-electron chi connectivity index (χ0n) is 10.7. The molecule has 0 spiro atoms. The molecule has 0 aliphatic rings. The first kappa shape index (κ1) is 14.0. The van der Waals surface area contributed by atoms with Gasteiger partial charge in [-0.15, -0.1) is 11.8 Å². The van der Waals surface area contributed by atoms with E-state index in [0.29, 0.717) is 0 Å². The number of pyridine rings is 1. The first-order chi connectivity index (χ1) is 9.10. The van der Waals surface area contributed by atoms with Gasteiger partial charge in [0, 0.05) is 23.9 Å².